The van der Waals surface area contributed by atoms with Gasteiger partial charge in [-0.3, -0.25) is 9.10 Å². The fourth-order valence-electron chi connectivity index (χ4n) is 2.52. The van der Waals surface area contributed by atoms with Crippen LogP contribution in [0.25, 0.3) is 0 Å². The lowest BCUT2D eigenvalue weighted by atomic mass is 10.1. The third-order valence-electron chi connectivity index (χ3n) is 3.87. The number of halogens is 3. The molecule has 0 radical (unpaired) electrons. The Morgan fingerprint density at radius 3 is 2.20 bits per heavy atom. The molecule has 0 unspecified atom stereocenters. The van der Waals surface area contributed by atoms with Gasteiger partial charge < -0.3 is 10.1 Å². The predicted octanol–water partition coefficient (Wildman–Crippen LogP) is 3.29. The van der Waals surface area contributed by atoms with Crippen molar-refractivity contribution in [1.29, 1.82) is 0 Å². The van der Waals surface area contributed by atoms with Crippen LogP contribution in [0, 0.1) is 0 Å². The summed E-state index contributed by atoms with van der Waals surface area (Å²) in [6, 6.07) is 9.36. The van der Waals surface area contributed by atoms with Crippen molar-refractivity contribution in [3.05, 3.63) is 59.7 Å². The van der Waals surface area contributed by atoms with E-state index in [1.807, 2.05) is 0 Å². The van der Waals surface area contributed by atoms with E-state index in [9.17, 15) is 31.2 Å². The zero-order valence-corrected chi connectivity index (χ0v) is 16.9. The lowest BCUT2D eigenvalue weighted by Gasteiger charge is -2.22. The molecule has 30 heavy (non-hydrogen) atoms. The van der Waals surface area contributed by atoms with E-state index in [4.69, 9.17) is 4.74 Å². The molecule has 7 nitrogen and oxygen atoms in total. The second-order valence-electron chi connectivity index (χ2n) is 6.13. The van der Waals surface area contributed by atoms with Crippen LogP contribution in [0.15, 0.2) is 48.5 Å². The zero-order valence-electron chi connectivity index (χ0n) is 16.1. The van der Waals surface area contributed by atoms with Gasteiger partial charge in [0.2, 0.25) is 15.9 Å². The first kappa shape index (κ1) is 23.2. The summed E-state index contributed by atoms with van der Waals surface area (Å²) >= 11 is 0. The SMILES string of the molecule is CCOC(=O)c1ccccc1NC(=O)CN(c1ccc(C(F)(F)F)cc1)S(C)(=O)=O. The molecular weight excluding hydrogens is 425 g/mol. The number of benzene rings is 2. The van der Waals surface area contributed by atoms with Gasteiger partial charge in [0, 0.05) is 0 Å². The smallest absolute Gasteiger partial charge is 0.416 e. The van der Waals surface area contributed by atoms with E-state index in [2.05, 4.69) is 5.32 Å². The van der Waals surface area contributed by atoms with E-state index < -0.39 is 40.2 Å². The van der Waals surface area contributed by atoms with Gasteiger partial charge in [-0.25, -0.2) is 13.2 Å². The van der Waals surface area contributed by atoms with Gasteiger partial charge in [0.1, 0.15) is 6.54 Å². The van der Waals surface area contributed by atoms with Crippen molar-refractivity contribution in [3.63, 3.8) is 0 Å². The predicted molar refractivity (Wildman–Crippen MR) is 105 cm³/mol. The van der Waals surface area contributed by atoms with Crippen LogP contribution in [0.2, 0.25) is 0 Å². The summed E-state index contributed by atoms with van der Waals surface area (Å²) in [5.74, 6) is -1.46. The van der Waals surface area contributed by atoms with Crippen LogP contribution in [0.5, 0.6) is 0 Å². The number of amides is 1. The Morgan fingerprint density at radius 2 is 1.67 bits per heavy atom. The highest BCUT2D eigenvalue weighted by Crippen LogP contribution is 2.31. The quantitative estimate of drug-likeness (QED) is 0.662. The number of carbonyl (C=O) groups is 2. The van der Waals surface area contributed by atoms with E-state index in [0.29, 0.717) is 4.31 Å². The Labute approximate surface area is 171 Å². The molecule has 0 saturated heterocycles. The lowest BCUT2D eigenvalue weighted by molar-refractivity contribution is -0.137. The minimum Gasteiger partial charge on any atom is -0.462 e. The molecule has 1 N–H and O–H groups in total. The molecule has 162 valence electrons. The van der Waals surface area contributed by atoms with E-state index in [1.54, 1.807) is 19.1 Å². The van der Waals surface area contributed by atoms with Crippen LogP contribution in [0.4, 0.5) is 24.5 Å². The van der Waals surface area contributed by atoms with Crippen LogP contribution in [0.1, 0.15) is 22.8 Å². The average Bonchev–Trinajstić information content (AvgIpc) is 2.65. The average molecular weight is 444 g/mol. The third-order valence-corrected chi connectivity index (χ3v) is 5.01. The Hall–Kier alpha value is -3.08. The highest BCUT2D eigenvalue weighted by molar-refractivity contribution is 7.92. The molecule has 11 heteroatoms. The summed E-state index contributed by atoms with van der Waals surface area (Å²) < 4.78 is 68.0. The number of sulfonamides is 1. The van der Waals surface area contributed by atoms with Gasteiger partial charge in [-0.2, -0.15) is 13.2 Å². The highest BCUT2D eigenvalue weighted by Gasteiger charge is 2.31. The van der Waals surface area contributed by atoms with Crippen molar-refractivity contribution in [3.8, 4) is 0 Å². The maximum absolute atomic E-state index is 12.7. The van der Waals surface area contributed by atoms with Gasteiger partial charge in [0.15, 0.2) is 0 Å². The summed E-state index contributed by atoms with van der Waals surface area (Å²) in [6.45, 7) is 1.03. The number of carbonyl (C=O) groups excluding carboxylic acids is 2. The molecule has 0 spiro atoms. The molecule has 0 aromatic heterocycles. The zero-order chi connectivity index (χ0) is 22.5. The largest absolute Gasteiger partial charge is 0.462 e. The van der Waals surface area contributed by atoms with Gasteiger partial charge in [-0.1, -0.05) is 12.1 Å². The molecule has 0 atom stereocenters. The first-order valence-electron chi connectivity index (χ1n) is 8.64. The normalized spacial score (nSPS) is 11.6. The van der Waals surface area contributed by atoms with Crippen LogP contribution in [-0.4, -0.2) is 39.7 Å². The van der Waals surface area contributed by atoms with Crippen LogP contribution < -0.4 is 9.62 Å². The lowest BCUT2D eigenvalue weighted by Crippen LogP contribution is -2.37. The van der Waals surface area contributed by atoms with Gasteiger partial charge in [0.05, 0.1) is 35.4 Å². The molecular formula is C19H19F3N2O5S. The number of hydrogen-bond donors (Lipinski definition) is 1. The second kappa shape index (κ2) is 9.16. The summed E-state index contributed by atoms with van der Waals surface area (Å²) in [5, 5.41) is 2.43. The highest BCUT2D eigenvalue weighted by atomic mass is 32.2. The summed E-state index contributed by atoms with van der Waals surface area (Å²) in [4.78, 5) is 24.4. The third kappa shape index (κ3) is 5.96. The number of alkyl halides is 3. The maximum atomic E-state index is 12.7. The van der Waals surface area contributed by atoms with Crippen molar-refractivity contribution in [2.45, 2.75) is 13.1 Å². The molecule has 0 aliphatic heterocycles. The van der Waals surface area contributed by atoms with E-state index >= 15 is 0 Å². The van der Waals surface area contributed by atoms with Crippen molar-refractivity contribution < 1.29 is 35.9 Å². The number of nitrogens with zero attached hydrogens (tertiary/aromatic N) is 1. The topological polar surface area (TPSA) is 92.8 Å². The number of anilines is 2. The minimum atomic E-state index is -4.58. The molecule has 2 aromatic carbocycles. The Balaban J connectivity index is 2.25. The van der Waals surface area contributed by atoms with Crippen LogP contribution in [0.3, 0.4) is 0 Å². The molecule has 0 aliphatic rings. The van der Waals surface area contributed by atoms with Gasteiger partial charge in [0.25, 0.3) is 0 Å². The van der Waals surface area contributed by atoms with Crippen molar-refractivity contribution in [2.24, 2.45) is 0 Å². The minimum absolute atomic E-state index is 0.0770. The number of rotatable bonds is 7. The molecule has 2 aromatic rings. The maximum Gasteiger partial charge on any atom is 0.416 e. The Bertz CT molecular complexity index is 1020. The number of ether oxygens (including phenoxy) is 1. The fourth-order valence-corrected chi connectivity index (χ4v) is 3.37. The standard InChI is InChI=1S/C19H19F3N2O5S/c1-3-29-18(26)15-6-4-5-7-16(15)23-17(25)12-24(30(2,27)28)14-10-8-13(9-11-14)19(20,21)22/h4-11H,3,12H2,1-2H3,(H,23,25). The number of esters is 1. The van der Waals surface area contributed by atoms with E-state index in [1.165, 1.54) is 12.1 Å². The van der Waals surface area contributed by atoms with Crippen molar-refractivity contribution in [1.82, 2.24) is 0 Å². The monoisotopic (exact) mass is 444 g/mol. The van der Waals surface area contributed by atoms with Gasteiger partial charge in [-0.15, -0.1) is 0 Å². The van der Waals surface area contributed by atoms with Crippen molar-refractivity contribution >= 4 is 33.3 Å². The molecule has 2 rings (SSSR count). The number of nitrogens with one attached hydrogen (secondary N) is 1. The number of hydrogen-bond acceptors (Lipinski definition) is 5. The van der Waals surface area contributed by atoms with Crippen LogP contribution in [-0.2, 0) is 25.7 Å². The first-order chi connectivity index (χ1) is 13.9. The van der Waals surface area contributed by atoms with Crippen molar-refractivity contribution in [2.75, 3.05) is 29.0 Å². The van der Waals surface area contributed by atoms with Gasteiger partial charge >= 0.3 is 12.1 Å². The summed E-state index contributed by atoms with van der Waals surface area (Å²) in [7, 11) is -3.99. The van der Waals surface area contributed by atoms with E-state index in [0.717, 1.165) is 30.5 Å². The Kier molecular flexibility index (Phi) is 7.08. The molecule has 0 heterocycles. The van der Waals surface area contributed by atoms with E-state index in [-0.39, 0.29) is 23.5 Å². The molecule has 0 bridgehead atoms. The summed E-state index contributed by atoms with van der Waals surface area (Å²) in [5.41, 5.74) is -0.873. The second-order valence-corrected chi connectivity index (χ2v) is 8.04. The van der Waals surface area contributed by atoms with Crippen LogP contribution >= 0.6 is 0 Å². The molecule has 0 saturated carbocycles. The fraction of sp³-hybridized carbons (Fsp3) is 0.263. The summed E-state index contributed by atoms with van der Waals surface area (Å²) in [6.07, 6.45) is -3.76. The van der Waals surface area contributed by atoms with Gasteiger partial charge in [-0.05, 0) is 43.3 Å². The first-order valence-corrected chi connectivity index (χ1v) is 10.5. The molecule has 0 aliphatic carbocycles. The Morgan fingerprint density at radius 1 is 1.07 bits per heavy atom. The molecule has 1 amide bonds. The molecule has 0 fully saturated rings. The number of para-hydroxylation sites is 1.